The molecule has 0 amide bonds. The van der Waals surface area contributed by atoms with E-state index >= 15 is 0 Å². The fourth-order valence-corrected chi connectivity index (χ4v) is 2.81. The second-order valence-corrected chi connectivity index (χ2v) is 5.72. The molecule has 0 unspecified atom stereocenters. The van der Waals surface area contributed by atoms with Crippen LogP contribution in [0.1, 0.15) is 0 Å². The summed E-state index contributed by atoms with van der Waals surface area (Å²) >= 11 is 0. The number of nitrogens with two attached hydrogens (primary N) is 1. The molecule has 0 bridgehead atoms. The number of nitrogens with zero attached hydrogens (tertiary/aromatic N) is 2. The first-order valence-corrected chi connectivity index (χ1v) is 6.77. The van der Waals surface area contributed by atoms with Crippen molar-refractivity contribution >= 4 is 15.7 Å². The van der Waals surface area contributed by atoms with Gasteiger partial charge in [-0.25, -0.2) is 8.42 Å². The highest BCUT2D eigenvalue weighted by Gasteiger charge is 2.26. The maximum Gasteiger partial charge on any atom is 0.271 e. The average Bonchev–Trinajstić information content (AvgIpc) is 2.38. The van der Waals surface area contributed by atoms with Gasteiger partial charge in [-0.15, -0.1) is 0 Å². The van der Waals surface area contributed by atoms with Crippen LogP contribution in [0.15, 0.2) is 23.1 Å². The van der Waals surface area contributed by atoms with Crippen molar-refractivity contribution in [1.82, 2.24) is 4.31 Å². The molecular weight excluding hydrogens is 274 g/mol. The normalized spacial score (nSPS) is 11.6. The summed E-state index contributed by atoms with van der Waals surface area (Å²) in [7, 11) is -1.23. The van der Waals surface area contributed by atoms with Gasteiger partial charge >= 0.3 is 0 Å². The van der Waals surface area contributed by atoms with Crippen molar-refractivity contribution in [2.24, 2.45) is 5.73 Å². The summed E-state index contributed by atoms with van der Waals surface area (Å²) in [4.78, 5) is 9.80. The number of nitro benzene ring substituents is 1. The van der Waals surface area contributed by atoms with E-state index in [1.807, 2.05) is 0 Å². The molecule has 2 N–H and O–H groups in total. The minimum Gasteiger partial charge on any atom is -0.495 e. The highest BCUT2D eigenvalue weighted by atomic mass is 32.2. The number of ether oxygens (including phenoxy) is 1. The Kier molecular flexibility index (Phi) is 4.81. The molecule has 8 nitrogen and oxygen atoms in total. The Morgan fingerprint density at radius 2 is 2.11 bits per heavy atom. The quantitative estimate of drug-likeness (QED) is 0.590. The zero-order valence-corrected chi connectivity index (χ0v) is 11.4. The van der Waals surface area contributed by atoms with Gasteiger partial charge in [0, 0.05) is 32.3 Å². The number of rotatable bonds is 6. The van der Waals surface area contributed by atoms with E-state index in [9.17, 15) is 18.5 Å². The van der Waals surface area contributed by atoms with E-state index in [1.54, 1.807) is 0 Å². The monoisotopic (exact) mass is 289 g/mol. The van der Waals surface area contributed by atoms with Crippen LogP contribution in [0.2, 0.25) is 0 Å². The van der Waals surface area contributed by atoms with E-state index < -0.39 is 14.9 Å². The van der Waals surface area contributed by atoms with Crippen LogP contribution in [0.25, 0.3) is 0 Å². The molecule has 1 rings (SSSR count). The van der Waals surface area contributed by atoms with Crippen LogP contribution in [0.5, 0.6) is 5.75 Å². The van der Waals surface area contributed by atoms with Crippen LogP contribution in [-0.4, -0.2) is 44.9 Å². The van der Waals surface area contributed by atoms with E-state index in [2.05, 4.69) is 0 Å². The third-order valence-corrected chi connectivity index (χ3v) is 4.37. The predicted octanol–water partition coefficient (Wildman–Crippen LogP) is 0.183. The Hall–Kier alpha value is -1.71. The number of nitro groups is 1. The minimum atomic E-state index is -3.88. The zero-order valence-electron chi connectivity index (χ0n) is 10.6. The Labute approximate surface area is 111 Å². The van der Waals surface area contributed by atoms with Gasteiger partial charge in [0.15, 0.2) is 0 Å². The number of hydrogen-bond donors (Lipinski definition) is 1. The molecule has 0 saturated carbocycles. The SMILES string of the molecule is COc1ccc([N+](=O)[O-])cc1S(=O)(=O)N(C)CCN. The Bertz CT molecular complexity index is 573. The molecule has 0 spiro atoms. The Morgan fingerprint density at radius 3 is 2.58 bits per heavy atom. The molecule has 0 aliphatic heterocycles. The second kappa shape index (κ2) is 5.95. The summed E-state index contributed by atoms with van der Waals surface area (Å²) in [6, 6.07) is 3.41. The van der Waals surface area contributed by atoms with Gasteiger partial charge in [0.1, 0.15) is 10.6 Å². The molecule has 0 aliphatic rings. The molecule has 0 fully saturated rings. The van der Waals surface area contributed by atoms with Crippen LogP contribution in [0, 0.1) is 10.1 Å². The third-order valence-electron chi connectivity index (χ3n) is 2.49. The number of methoxy groups -OCH3 is 1. The van der Waals surface area contributed by atoms with Crippen molar-refractivity contribution < 1.29 is 18.1 Å². The predicted molar refractivity (Wildman–Crippen MR) is 68.5 cm³/mol. The van der Waals surface area contributed by atoms with Crippen molar-refractivity contribution in [3.63, 3.8) is 0 Å². The molecule has 0 heterocycles. The first kappa shape index (κ1) is 15.3. The van der Waals surface area contributed by atoms with Gasteiger partial charge in [-0.3, -0.25) is 10.1 Å². The van der Waals surface area contributed by atoms with Crippen molar-refractivity contribution in [2.45, 2.75) is 4.90 Å². The first-order valence-electron chi connectivity index (χ1n) is 5.33. The molecule has 1 aromatic rings. The summed E-state index contributed by atoms with van der Waals surface area (Å²) in [5.74, 6) is 0.0504. The van der Waals surface area contributed by atoms with Crippen LogP contribution in [0.3, 0.4) is 0 Å². The third kappa shape index (κ3) is 3.19. The van der Waals surface area contributed by atoms with E-state index in [0.29, 0.717) is 0 Å². The van der Waals surface area contributed by atoms with E-state index in [0.717, 1.165) is 10.4 Å². The highest BCUT2D eigenvalue weighted by Crippen LogP contribution is 2.29. The van der Waals surface area contributed by atoms with Crippen LogP contribution >= 0.6 is 0 Å². The zero-order chi connectivity index (χ0) is 14.6. The van der Waals surface area contributed by atoms with Crippen molar-refractivity contribution in [3.8, 4) is 5.75 Å². The number of hydrogen-bond acceptors (Lipinski definition) is 6. The van der Waals surface area contributed by atoms with Gasteiger partial charge in [0.25, 0.3) is 5.69 Å². The molecule has 106 valence electrons. The molecule has 1 aromatic carbocycles. The standard InChI is InChI=1S/C10H15N3O5S/c1-12(6-5-11)19(16,17)10-7-8(13(14)15)3-4-9(10)18-2/h3-4,7H,5-6,11H2,1-2H3. The van der Waals surface area contributed by atoms with E-state index in [1.165, 1.54) is 26.3 Å². The summed E-state index contributed by atoms with van der Waals surface area (Å²) in [5.41, 5.74) is 4.99. The first-order chi connectivity index (χ1) is 8.84. The molecule has 0 aromatic heterocycles. The van der Waals surface area contributed by atoms with Crippen molar-refractivity contribution in [2.75, 3.05) is 27.2 Å². The van der Waals surface area contributed by atoms with Gasteiger partial charge in [0.2, 0.25) is 10.0 Å². The fraction of sp³-hybridized carbons (Fsp3) is 0.400. The second-order valence-electron chi connectivity index (χ2n) is 3.71. The lowest BCUT2D eigenvalue weighted by molar-refractivity contribution is -0.385. The smallest absolute Gasteiger partial charge is 0.271 e. The highest BCUT2D eigenvalue weighted by molar-refractivity contribution is 7.89. The van der Waals surface area contributed by atoms with Crippen molar-refractivity contribution in [3.05, 3.63) is 28.3 Å². The van der Waals surface area contributed by atoms with Crippen molar-refractivity contribution in [1.29, 1.82) is 0 Å². The van der Waals surface area contributed by atoms with Gasteiger partial charge in [-0.2, -0.15) is 4.31 Å². The maximum atomic E-state index is 12.2. The van der Waals surface area contributed by atoms with E-state index in [4.69, 9.17) is 10.5 Å². The number of benzene rings is 1. The Morgan fingerprint density at radius 1 is 1.47 bits per heavy atom. The lowest BCUT2D eigenvalue weighted by atomic mass is 10.3. The van der Waals surface area contributed by atoms with Gasteiger partial charge in [-0.1, -0.05) is 0 Å². The molecule has 0 radical (unpaired) electrons. The Balaban J connectivity index is 3.38. The van der Waals surface area contributed by atoms with E-state index in [-0.39, 0.29) is 29.4 Å². The van der Waals surface area contributed by atoms with Crippen LogP contribution < -0.4 is 10.5 Å². The molecule has 0 saturated heterocycles. The average molecular weight is 289 g/mol. The minimum absolute atomic E-state index is 0.0504. The lowest BCUT2D eigenvalue weighted by Gasteiger charge is -2.17. The lowest BCUT2D eigenvalue weighted by Crippen LogP contribution is -2.32. The van der Waals surface area contributed by atoms with Gasteiger partial charge < -0.3 is 10.5 Å². The molecule has 0 aliphatic carbocycles. The number of sulfonamides is 1. The molecule has 19 heavy (non-hydrogen) atoms. The largest absolute Gasteiger partial charge is 0.495 e. The molecular formula is C10H15N3O5S. The summed E-state index contributed by atoms with van der Waals surface area (Å²) in [5, 5.41) is 10.7. The number of non-ortho nitro benzene ring substituents is 1. The maximum absolute atomic E-state index is 12.2. The molecule has 0 atom stereocenters. The van der Waals surface area contributed by atoms with Crippen LogP contribution in [0.4, 0.5) is 5.69 Å². The van der Waals surface area contributed by atoms with Gasteiger partial charge in [0.05, 0.1) is 12.0 Å². The number of likely N-dealkylation sites (N-methyl/N-ethyl adjacent to an activating group) is 1. The summed E-state index contributed by atoms with van der Waals surface area (Å²) in [6.07, 6.45) is 0. The van der Waals surface area contributed by atoms with Crippen LogP contribution in [-0.2, 0) is 10.0 Å². The summed E-state index contributed by atoms with van der Waals surface area (Å²) < 4.78 is 30.4. The van der Waals surface area contributed by atoms with Gasteiger partial charge in [-0.05, 0) is 6.07 Å². The fourth-order valence-electron chi connectivity index (χ4n) is 1.45. The molecule has 9 heteroatoms. The summed E-state index contributed by atoms with van der Waals surface area (Å²) in [6.45, 7) is 0.251. The topological polar surface area (TPSA) is 116 Å².